The molecule has 2 heterocycles. The Hall–Kier alpha value is -3.83. The number of amides is 3. The molecular formula is C34H47N5O6. The highest BCUT2D eigenvalue weighted by Crippen LogP contribution is 2.43. The van der Waals surface area contributed by atoms with Crippen LogP contribution in [0.5, 0.6) is 0 Å². The van der Waals surface area contributed by atoms with Crippen LogP contribution >= 0.6 is 0 Å². The lowest BCUT2D eigenvalue weighted by Gasteiger charge is -2.41. The first-order valence-corrected chi connectivity index (χ1v) is 16.0. The van der Waals surface area contributed by atoms with E-state index in [-0.39, 0.29) is 11.8 Å². The molecule has 2 aromatic rings. The first-order chi connectivity index (χ1) is 21.2. The van der Waals surface area contributed by atoms with E-state index in [4.69, 9.17) is 4.98 Å². The minimum atomic E-state index is -1.04. The smallest absolute Gasteiger partial charge is 0.322 e. The molecule has 3 atom stereocenters. The molecule has 0 bridgehead atoms. The van der Waals surface area contributed by atoms with Crippen molar-refractivity contribution < 1.29 is 29.4 Å². The fourth-order valence-electron chi connectivity index (χ4n) is 5.98. The van der Waals surface area contributed by atoms with Gasteiger partial charge in [-0.3, -0.25) is 29.2 Å². The molecule has 11 nitrogen and oxygen atoms in total. The Bertz CT molecular complexity index is 1440. The molecule has 0 radical (unpaired) electrons. The number of benzene rings is 1. The highest BCUT2D eigenvalue weighted by atomic mass is 16.4. The lowest BCUT2D eigenvalue weighted by molar-refractivity contribution is -0.148. The van der Waals surface area contributed by atoms with Crippen molar-refractivity contribution in [3.8, 4) is 0 Å². The van der Waals surface area contributed by atoms with Gasteiger partial charge in [0, 0.05) is 17.6 Å². The van der Waals surface area contributed by atoms with E-state index < -0.39 is 46.9 Å². The standard InChI is InChI=1S/C34H47N5O6/c1-6-25-12-11-24-10-9-23(20-27(24)36-25)13-14-34(17-15-33(5,45)16-18-34)32(44)37-28(21(2)3)29(40)35-22(4)30(41)39-19-7-8-26(38-39)31(42)43/h9-14,20-22,26,28,38,45H,6-8,15-19H2,1-5H3,(H,35,40)(H,37,44)(H,42,43)/b14-13+/t22-,26?,28-,33?,34?/m0/s1. The topological polar surface area (TPSA) is 161 Å². The van der Waals surface area contributed by atoms with Crippen molar-refractivity contribution in [2.45, 2.75) is 103 Å². The first kappa shape index (κ1) is 34.1. The number of hydrazine groups is 1. The van der Waals surface area contributed by atoms with Gasteiger partial charge in [0.25, 0.3) is 5.91 Å². The van der Waals surface area contributed by atoms with E-state index in [1.54, 1.807) is 13.8 Å². The van der Waals surface area contributed by atoms with E-state index in [0.29, 0.717) is 45.1 Å². The van der Waals surface area contributed by atoms with Crippen molar-refractivity contribution in [3.05, 3.63) is 47.7 Å². The summed E-state index contributed by atoms with van der Waals surface area (Å²) in [4.78, 5) is 56.7. The Kier molecular flexibility index (Phi) is 10.7. The molecule has 0 spiro atoms. The van der Waals surface area contributed by atoms with E-state index in [9.17, 15) is 29.4 Å². The Balaban J connectivity index is 1.51. The van der Waals surface area contributed by atoms with Gasteiger partial charge in [-0.2, -0.15) is 0 Å². The second-order valence-corrected chi connectivity index (χ2v) is 13.2. The van der Waals surface area contributed by atoms with Gasteiger partial charge < -0.3 is 20.8 Å². The van der Waals surface area contributed by atoms with Crippen LogP contribution in [0.3, 0.4) is 0 Å². The average molecular weight is 622 g/mol. The van der Waals surface area contributed by atoms with Gasteiger partial charge in [0.05, 0.1) is 16.5 Å². The number of hydrogen-bond donors (Lipinski definition) is 5. The van der Waals surface area contributed by atoms with Crippen LogP contribution < -0.4 is 16.1 Å². The lowest BCUT2D eigenvalue weighted by Crippen LogP contribution is -2.61. The highest BCUT2D eigenvalue weighted by molar-refractivity contribution is 5.94. The van der Waals surface area contributed by atoms with Crippen molar-refractivity contribution in [2.75, 3.05) is 6.54 Å². The monoisotopic (exact) mass is 621 g/mol. The van der Waals surface area contributed by atoms with Crippen molar-refractivity contribution in [2.24, 2.45) is 11.3 Å². The fraction of sp³-hybridized carbons (Fsp3) is 0.559. The van der Waals surface area contributed by atoms with Crippen LogP contribution in [-0.4, -0.2) is 74.2 Å². The number of nitrogens with one attached hydrogen (secondary N) is 3. The molecule has 2 fully saturated rings. The molecule has 1 aliphatic carbocycles. The number of fused-ring (bicyclic) bond motifs is 1. The zero-order valence-electron chi connectivity index (χ0n) is 26.9. The van der Waals surface area contributed by atoms with Crippen molar-refractivity contribution in [1.82, 2.24) is 26.1 Å². The zero-order valence-corrected chi connectivity index (χ0v) is 26.9. The van der Waals surface area contributed by atoms with Crippen LogP contribution in [0.2, 0.25) is 0 Å². The molecular weight excluding hydrogens is 574 g/mol. The summed E-state index contributed by atoms with van der Waals surface area (Å²) in [5.74, 6) is -2.58. The molecule has 1 aliphatic heterocycles. The molecule has 1 aromatic heterocycles. The Labute approximate surface area is 264 Å². The average Bonchev–Trinajstić information content (AvgIpc) is 3.02. The first-order valence-electron chi connectivity index (χ1n) is 16.0. The van der Waals surface area contributed by atoms with Crippen molar-refractivity contribution in [1.29, 1.82) is 0 Å². The van der Waals surface area contributed by atoms with Gasteiger partial charge in [0.2, 0.25) is 11.8 Å². The molecule has 244 valence electrons. The van der Waals surface area contributed by atoms with E-state index in [2.05, 4.69) is 23.0 Å². The summed E-state index contributed by atoms with van der Waals surface area (Å²) in [6, 6.07) is 7.32. The second-order valence-electron chi connectivity index (χ2n) is 13.2. The number of carbonyl (C=O) groups excluding carboxylic acids is 3. The van der Waals surface area contributed by atoms with Crippen LogP contribution in [0.4, 0.5) is 0 Å². The van der Waals surface area contributed by atoms with Crippen LogP contribution in [-0.2, 0) is 25.6 Å². The number of aliphatic carboxylic acids is 1. The largest absolute Gasteiger partial charge is 0.480 e. The molecule has 1 saturated carbocycles. The van der Waals surface area contributed by atoms with Crippen LogP contribution in [0.1, 0.15) is 84.4 Å². The van der Waals surface area contributed by atoms with E-state index in [1.807, 2.05) is 56.3 Å². The van der Waals surface area contributed by atoms with E-state index in [0.717, 1.165) is 28.6 Å². The van der Waals surface area contributed by atoms with Gasteiger partial charge in [-0.1, -0.05) is 51.1 Å². The minimum Gasteiger partial charge on any atom is -0.480 e. The van der Waals surface area contributed by atoms with Gasteiger partial charge in [0.15, 0.2) is 0 Å². The highest BCUT2D eigenvalue weighted by Gasteiger charge is 2.44. The van der Waals surface area contributed by atoms with E-state index >= 15 is 0 Å². The molecule has 5 N–H and O–H groups in total. The molecule has 4 rings (SSSR count). The third-order valence-corrected chi connectivity index (χ3v) is 9.12. The third-order valence-electron chi connectivity index (χ3n) is 9.12. The number of rotatable bonds is 10. The maximum absolute atomic E-state index is 14.1. The van der Waals surface area contributed by atoms with Gasteiger partial charge >= 0.3 is 5.97 Å². The summed E-state index contributed by atoms with van der Waals surface area (Å²) >= 11 is 0. The van der Waals surface area contributed by atoms with Gasteiger partial charge in [0.1, 0.15) is 18.1 Å². The molecule has 11 heteroatoms. The number of aromatic nitrogens is 1. The molecule has 1 aromatic carbocycles. The molecule has 2 aliphatic rings. The quantitative estimate of drug-likeness (QED) is 0.270. The predicted molar refractivity (Wildman–Crippen MR) is 172 cm³/mol. The summed E-state index contributed by atoms with van der Waals surface area (Å²) in [7, 11) is 0. The molecule has 1 saturated heterocycles. The number of nitrogens with zero attached hydrogens (tertiary/aromatic N) is 2. The number of hydrogen-bond acceptors (Lipinski definition) is 7. The predicted octanol–water partition coefficient (Wildman–Crippen LogP) is 3.35. The summed E-state index contributed by atoms with van der Waals surface area (Å²) in [6.45, 7) is 9.35. The number of carbonyl (C=O) groups is 4. The molecule has 1 unspecified atom stereocenters. The van der Waals surface area contributed by atoms with Gasteiger partial charge in [-0.15, -0.1) is 0 Å². The number of aryl methyl sites for hydroxylation is 1. The van der Waals surface area contributed by atoms with Crippen LogP contribution in [0.15, 0.2) is 36.4 Å². The maximum atomic E-state index is 14.1. The summed E-state index contributed by atoms with van der Waals surface area (Å²) in [6.07, 6.45) is 7.23. The molecule has 3 amide bonds. The van der Waals surface area contributed by atoms with Crippen molar-refractivity contribution in [3.63, 3.8) is 0 Å². The lowest BCUT2D eigenvalue weighted by atomic mass is 9.68. The Morgan fingerprint density at radius 2 is 1.78 bits per heavy atom. The third kappa shape index (κ3) is 8.26. The zero-order chi connectivity index (χ0) is 32.9. The molecule has 45 heavy (non-hydrogen) atoms. The maximum Gasteiger partial charge on any atom is 0.322 e. The van der Waals surface area contributed by atoms with Crippen molar-refractivity contribution >= 4 is 40.7 Å². The minimum absolute atomic E-state index is 0.284. The van der Waals surface area contributed by atoms with E-state index in [1.165, 1.54) is 5.01 Å². The second kappa shape index (κ2) is 14.1. The SMILES string of the molecule is CCc1ccc2ccc(/C=C/C3(C(=O)N[C@H](C(=O)N[C@@H](C)C(=O)N4CCCC(C(=O)O)N4)C(C)C)CCC(C)(O)CC3)cc2n1. The number of pyridine rings is 1. The fourth-order valence-corrected chi connectivity index (χ4v) is 5.98. The van der Waals surface area contributed by atoms with Crippen LogP contribution in [0.25, 0.3) is 17.0 Å². The summed E-state index contributed by atoms with van der Waals surface area (Å²) in [5.41, 5.74) is 3.66. The summed E-state index contributed by atoms with van der Waals surface area (Å²) in [5, 5.41) is 28.0. The number of aliphatic hydroxyl groups is 1. The number of carboxylic acids is 1. The van der Waals surface area contributed by atoms with Gasteiger partial charge in [-0.05, 0) is 82.4 Å². The Morgan fingerprint density at radius 1 is 1.09 bits per heavy atom. The summed E-state index contributed by atoms with van der Waals surface area (Å²) < 4.78 is 0. The van der Waals surface area contributed by atoms with Gasteiger partial charge in [-0.25, -0.2) is 5.43 Å². The van der Waals surface area contributed by atoms with Crippen LogP contribution in [0, 0.1) is 11.3 Å². The Morgan fingerprint density at radius 3 is 2.42 bits per heavy atom. The normalized spacial score (nSPS) is 25.2. The number of carboxylic acid groups (broad SMARTS) is 1.